The van der Waals surface area contributed by atoms with Crippen LogP contribution in [0.2, 0.25) is 0 Å². The molecule has 0 saturated carbocycles. The second kappa shape index (κ2) is 11.5. The number of alkyl halides is 3. The van der Waals surface area contributed by atoms with E-state index in [2.05, 4.69) is 0 Å². The number of aliphatic carboxylic acids is 1. The van der Waals surface area contributed by atoms with E-state index in [-0.39, 0.29) is 38.8 Å². The molecule has 0 radical (unpaired) electrons. The van der Waals surface area contributed by atoms with Crippen LogP contribution in [0.4, 0.5) is 13.2 Å². The minimum absolute atomic E-state index is 0.0554. The molecule has 7 nitrogen and oxygen atoms in total. The van der Waals surface area contributed by atoms with Crippen LogP contribution in [0.5, 0.6) is 0 Å². The first-order chi connectivity index (χ1) is 14.0. The number of ether oxygens (including phenoxy) is 1. The number of carbonyl (C=O) groups is 3. The normalized spacial score (nSPS) is 14.4. The molecule has 1 aromatic carbocycles. The van der Waals surface area contributed by atoms with E-state index in [1.54, 1.807) is 12.2 Å². The van der Waals surface area contributed by atoms with Crippen LogP contribution in [0.15, 0.2) is 30.3 Å². The second-order valence-corrected chi connectivity index (χ2v) is 6.89. The number of benzene rings is 1. The zero-order chi connectivity index (χ0) is 22.8. The van der Waals surface area contributed by atoms with E-state index < -0.39 is 35.5 Å². The molecule has 0 aromatic heterocycles. The average Bonchev–Trinajstić information content (AvgIpc) is 2.67. The molecule has 1 amide bonds. The highest BCUT2D eigenvalue weighted by Crippen LogP contribution is 2.28. The van der Waals surface area contributed by atoms with Crippen molar-refractivity contribution in [2.45, 2.75) is 50.7 Å². The van der Waals surface area contributed by atoms with Gasteiger partial charge in [-0.2, -0.15) is 13.2 Å². The molecule has 1 aromatic rings. The number of carboxylic acid groups (broad SMARTS) is 1. The molecule has 0 aliphatic rings. The third kappa shape index (κ3) is 7.66. The van der Waals surface area contributed by atoms with Gasteiger partial charge >= 0.3 is 24.0 Å². The molecule has 0 heterocycles. The van der Waals surface area contributed by atoms with Crippen LogP contribution in [-0.4, -0.2) is 47.8 Å². The highest BCUT2D eigenvalue weighted by molar-refractivity contribution is 5.87. The first-order valence-corrected chi connectivity index (χ1v) is 9.60. The summed E-state index contributed by atoms with van der Waals surface area (Å²) in [6.45, 7) is 1.36. The lowest BCUT2D eigenvalue weighted by molar-refractivity contribution is -0.173. The summed E-state index contributed by atoms with van der Waals surface area (Å²) in [5.41, 5.74) is 5.07. The van der Waals surface area contributed by atoms with Crippen molar-refractivity contribution in [1.29, 1.82) is 0 Å². The van der Waals surface area contributed by atoms with Crippen LogP contribution in [0.1, 0.15) is 38.2 Å². The van der Waals surface area contributed by atoms with Gasteiger partial charge in [-0.15, -0.1) is 0 Å². The predicted molar refractivity (Wildman–Crippen MR) is 102 cm³/mol. The highest BCUT2D eigenvalue weighted by Gasteiger charge is 2.46. The van der Waals surface area contributed by atoms with Crippen molar-refractivity contribution in [3.63, 3.8) is 0 Å². The number of hydrogen-bond donors (Lipinski definition) is 3. The summed E-state index contributed by atoms with van der Waals surface area (Å²) >= 11 is 0. The molecule has 4 N–H and O–H groups in total. The number of amides is 1. The van der Waals surface area contributed by atoms with Gasteiger partial charge in [-0.05, 0) is 44.6 Å². The maximum Gasteiger partial charge on any atom is 0.471 e. The number of carbonyl (C=O) groups excluding carboxylic acids is 2. The SMILES string of the molecule is CCOC(=O)C(CCc1ccccc1)[C@](N)(CCCCNC(=O)C(F)(F)F)C(=O)O. The van der Waals surface area contributed by atoms with E-state index >= 15 is 0 Å². The topological polar surface area (TPSA) is 119 Å². The minimum Gasteiger partial charge on any atom is -0.480 e. The van der Waals surface area contributed by atoms with Gasteiger partial charge in [-0.3, -0.25) is 14.4 Å². The Morgan fingerprint density at radius 2 is 1.80 bits per heavy atom. The molecule has 168 valence electrons. The van der Waals surface area contributed by atoms with Crippen LogP contribution >= 0.6 is 0 Å². The molecule has 0 bridgehead atoms. The van der Waals surface area contributed by atoms with E-state index in [9.17, 15) is 32.7 Å². The van der Waals surface area contributed by atoms with E-state index in [0.717, 1.165) is 5.56 Å². The van der Waals surface area contributed by atoms with Crippen molar-refractivity contribution < 1.29 is 37.4 Å². The molecular weight excluding hydrogens is 405 g/mol. The number of rotatable bonds is 12. The zero-order valence-corrected chi connectivity index (χ0v) is 16.7. The first-order valence-electron chi connectivity index (χ1n) is 9.60. The van der Waals surface area contributed by atoms with E-state index in [1.165, 1.54) is 0 Å². The number of nitrogens with one attached hydrogen (secondary N) is 1. The Kier molecular flexibility index (Phi) is 9.77. The lowest BCUT2D eigenvalue weighted by Gasteiger charge is -2.32. The molecule has 0 aliphatic heterocycles. The summed E-state index contributed by atoms with van der Waals surface area (Å²) in [7, 11) is 0. The van der Waals surface area contributed by atoms with Gasteiger partial charge in [0.15, 0.2) is 0 Å². The van der Waals surface area contributed by atoms with Gasteiger partial charge in [-0.1, -0.05) is 30.3 Å². The van der Waals surface area contributed by atoms with Crippen molar-refractivity contribution in [2.24, 2.45) is 11.7 Å². The fraction of sp³-hybridized carbons (Fsp3) is 0.550. The monoisotopic (exact) mass is 432 g/mol. The molecule has 1 rings (SSSR count). The fourth-order valence-corrected chi connectivity index (χ4v) is 3.06. The molecule has 0 fully saturated rings. The molecule has 0 saturated heterocycles. The summed E-state index contributed by atoms with van der Waals surface area (Å²) < 4.78 is 41.6. The molecule has 0 aliphatic carbocycles. The standard InChI is InChI=1S/C20H27F3N2O5/c1-2-30-16(26)15(11-10-14-8-4-3-5-9-14)19(24,18(28)29)12-6-7-13-25-17(27)20(21,22)23/h3-5,8-9,15H,2,6-7,10-13,24H2,1H3,(H,25,27)(H,28,29)/t15?,19-/m1/s1. The Bertz CT molecular complexity index is 712. The van der Waals surface area contributed by atoms with E-state index in [4.69, 9.17) is 10.5 Å². The van der Waals surface area contributed by atoms with Gasteiger partial charge in [0.2, 0.25) is 0 Å². The molecule has 10 heteroatoms. The number of carboxylic acids is 1. The quantitative estimate of drug-likeness (QED) is 0.345. The Morgan fingerprint density at radius 3 is 2.33 bits per heavy atom. The Balaban J connectivity index is 2.80. The number of hydrogen-bond acceptors (Lipinski definition) is 5. The van der Waals surface area contributed by atoms with E-state index in [0.29, 0.717) is 6.42 Å². The predicted octanol–water partition coefficient (Wildman–Crippen LogP) is 2.43. The van der Waals surface area contributed by atoms with Crippen LogP contribution in [-0.2, 0) is 25.5 Å². The number of aryl methyl sites for hydroxylation is 1. The molecular formula is C20H27F3N2O5. The van der Waals surface area contributed by atoms with Gasteiger partial charge in [-0.25, -0.2) is 0 Å². The molecule has 2 atom stereocenters. The first kappa shape index (κ1) is 25.4. The van der Waals surface area contributed by atoms with E-state index in [1.807, 2.05) is 30.3 Å². The van der Waals surface area contributed by atoms with Gasteiger partial charge in [0.1, 0.15) is 5.54 Å². The number of unbranched alkanes of at least 4 members (excludes halogenated alkanes) is 1. The molecule has 0 spiro atoms. The van der Waals surface area contributed by atoms with Crippen LogP contribution in [0, 0.1) is 5.92 Å². The Hall–Kier alpha value is -2.62. The maximum absolute atomic E-state index is 12.5. The van der Waals surface area contributed by atoms with Crippen molar-refractivity contribution >= 4 is 17.8 Å². The van der Waals surface area contributed by atoms with Crippen molar-refractivity contribution in [2.75, 3.05) is 13.2 Å². The zero-order valence-electron chi connectivity index (χ0n) is 16.7. The Morgan fingerprint density at radius 1 is 1.17 bits per heavy atom. The largest absolute Gasteiger partial charge is 0.480 e. The Labute approximate surface area is 172 Å². The summed E-state index contributed by atoms with van der Waals surface area (Å²) in [5.74, 6) is -5.33. The van der Waals surface area contributed by atoms with Gasteiger partial charge in [0, 0.05) is 6.54 Å². The average molecular weight is 432 g/mol. The van der Waals surface area contributed by atoms with Crippen LogP contribution in [0.3, 0.4) is 0 Å². The maximum atomic E-state index is 12.5. The lowest BCUT2D eigenvalue weighted by atomic mass is 9.77. The minimum atomic E-state index is -4.98. The van der Waals surface area contributed by atoms with Gasteiger partial charge < -0.3 is 20.9 Å². The fourth-order valence-electron chi connectivity index (χ4n) is 3.06. The number of nitrogens with two attached hydrogens (primary N) is 1. The lowest BCUT2D eigenvalue weighted by Crippen LogP contribution is -2.57. The van der Waals surface area contributed by atoms with Gasteiger partial charge in [0.25, 0.3) is 0 Å². The third-order valence-corrected chi connectivity index (χ3v) is 4.72. The third-order valence-electron chi connectivity index (χ3n) is 4.72. The van der Waals surface area contributed by atoms with Gasteiger partial charge in [0.05, 0.1) is 12.5 Å². The highest BCUT2D eigenvalue weighted by atomic mass is 19.4. The summed E-state index contributed by atoms with van der Waals surface area (Å²) in [5, 5.41) is 11.4. The van der Waals surface area contributed by atoms with Crippen LogP contribution < -0.4 is 11.1 Å². The molecule has 1 unspecified atom stereocenters. The van der Waals surface area contributed by atoms with Crippen molar-refractivity contribution in [3.8, 4) is 0 Å². The number of esters is 1. The summed E-state index contributed by atoms with van der Waals surface area (Å²) in [6, 6.07) is 9.14. The van der Waals surface area contributed by atoms with Crippen LogP contribution in [0.25, 0.3) is 0 Å². The number of halogens is 3. The summed E-state index contributed by atoms with van der Waals surface area (Å²) in [6.07, 6.45) is -4.44. The second-order valence-electron chi connectivity index (χ2n) is 6.89. The van der Waals surface area contributed by atoms with Crippen molar-refractivity contribution in [3.05, 3.63) is 35.9 Å². The summed E-state index contributed by atoms with van der Waals surface area (Å²) in [4.78, 5) is 35.2. The molecule has 30 heavy (non-hydrogen) atoms. The van der Waals surface area contributed by atoms with Crippen molar-refractivity contribution in [1.82, 2.24) is 5.32 Å². The smallest absolute Gasteiger partial charge is 0.471 e.